The highest BCUT2D eigenvalue weighted by Crippen LogP contribution is 2.13. The van der Waals surface area contributed by atoms with Crippen molar-refractivity contribution in [3.8, 4) is 0 Å². The summed E-state index contributed by atoms with van der Waals surface area (Å²) in [4.78, 5) is 2.32. The van der Waals surface area contributed by atoms with Crippen molar-refractivity contribution in [3.05, 3.63) is 11.8 Å². The van der Waals surface area contributed by atoms with Crippen LogP contribution in [0.15, 0.2) is 11.8 Å². The van der Waals surface area contributed by atoms with Gasteiger partial charge in [0.2, 0.25) is 0 Å². The predicted octanol–water partition coefficient (Wildman–Crippen LogP) is 0.529. The Kier molecular flexibility index (Phi) is 3.39. The molecule has 0 atom stereocenters. The van der Waals surface area contributed by atoms with E-state index in [9.17, 15) is 0 Å². The second-order valence-corrected chi connectivity index (χ2v) is 2.91. The first-order valence-electron chi connectivity index (χ1n) is 4.01. The SMILES string of the molecule is CN1CCC(=COCN)CC1. The molecule has 1 fully saturated rings. The summed E-state index contributed by atoms with van der Waals surface area (Å²) in [6.45, 7) is 2.57. The molecule has 3 nitrogen and oxygen atoms in total. The normalized spacial score (nSPS) is 20.0. The molecule has 2 N–H and O–H groups in total. The molecule has 1 heterocycles. The van der Waals surface area contributed by atoms with E-state index in [1.54, 1.807) is 0 Å². The topological polar surface area (TPSA) is 38.5 Å². The zero-order valence-electron chi connectivity index (χ0n) is 7.05. The largest absolute Gasteiger partial charge is 0.486 e. The number of rotatable bonds is 2. The second kappa shape index (κ2) is 4.36. The Morgan fingerprint density at radius 2 is 2.18 bits per heavy atom. The van der Waals surface area contributed by atoms with Gasteiger partial charge in [-0.05, 0) is 25.5 Å². The van der Waals surface area contributed by atoms with Crippen LogP contribution in [0.3, 0.4) is 0 Å². The molecule has 0 spiro atoms. The van der Waals surface area contributed by atoms with Crippen molar-refractivity contribution in [2.45, 2.75) is 12.8 Å². The molecule has 1 saturated heterocycles. The summed E-state index contributed by atoms with van der Waals surface area (Å²) < 4.78 is 5.01. The molecule has 0 bridgehead atoms. The first-order chi connectivity index (χ1) is 5.33. The second-order valence-electron chi connectivity index (χ2n) is 2.91. The van der Waals surface area contributed by atoms with Crippen molar-refractivity contribution in [2.24, 2.45) is 5.73 Å². The molecule has 0 aromatic rings. The van der Waals surface area contributed by atoms with Crippen LogP contribution in [0.25, 0.3) is 0 Å². The van der Waals surface area contributed by atoms with Crippen LogP contribution in [-0.2, 0) is 4.74 Å². The van der Waals surface area contributed by atoms with Gasteiger partial charge < -0.3 is 9.64 Å². The van der Waals surface area contributed by atoms with Crippen LogP contribution in [0.5, 0.6) is 0 Å². The fourth-order valence-electron chi connectivity index (χ4n) is 1.19. The van der Waals surface area contributed by atoms with Crippen molar-refractivity contribution in [2.75, 3.05) is 26.9 Å². The van der Waals surface area contributed by atoms with Gasteiger partial charge in [-0.2, -0.15) is 0 Å². The van der Waals surface area contributed by atoms with Gasteiger partial charge in [0.25, 0.3) is 0 Å². The number of nitrogens with zero attached hydrogens (tertiary/aromatic N) is 1. The van der Waals surface area contributed by atoms with Crippen LogP contribution in [0.1, 0.15) is 12.8 Å². The van der Waals surface area contributed by atoms with Crippen molar-refractivity contribution >= 4 is 0 Å². The number of likely N-dealkylation sites (tertiary alicyclic amines) is 1. The molecule has 0 saturated carbocycles. The van der Waals surface area contributed by atoms with Crippen LogP contribution >= 0.6 is 0 Å². The van der Waals surface area contributed by atoms with E-state index in [0.717, 1.165) is 25.9 Å². The Hall–Kier alpha value is -0.540. The van der Waals surface area contributed by atoms with Gasteiger partial charge >= 0.3 is 0 Å². The van der Waals surface area contributed by atoms with Crippen LogP contribution in [0.2, 0.25) is 0 Å². The molecule has 0 radical (unpaired) electrons. The maximum Gasteiger partial charge on any atom is 0.136 e. The third-order valence-corrected chi connectivity index (χ3v) is 1.98. The maximum absolute atomic E-state index is 5.20. The number of hydrogen-bond donors (Lipinski definition) is 1. The van der Waals surface area contributed by atoms with Gasteiger partial charge in [-0.1, -0.05) is 0 Å². The summed E-state index contributed by atoms with van der Waals surface area (Å²) in [5.74, 6) is 0. The smallest absolute Gasteiger partial charge is 0.136 e. The first kappa shape index (κ1) is 8.56. The minimum atomic E-state index is 0.291. The van der Waals surface area contributed by atoms with Crippen molar-refractivity contribution in [1.29, 1.82) is 0 Å². The Balaban J connectivity index is 2.26. The molecular weight excluding hydrogens is 140 g/mol. The Morgan fingerprint density at radius 1 is 1.55 bits per heavy atom. The molecule has 1 rings (SSSR count). The Morgan fingerprint density at radius 3 is 2.73 bits per heavy atom. The van der Waals surface area contributed by atoms with Crippen molar-refractivity contribution in [3.63, 3.8) is 0 Å². The van der Waals surface area contributed by atoms with Gasteiger partial charge in [-0.3, -0.25) is 5.73 Å². The average Bonchev–Trinajstić information content (AvgIpc) is 2.04. The summed E-state index contributed by atoms with van der Waals surface area (Å²) in [7, 11) is 2.14. The lowest BCUT2D eigenvalue weighted by molar-refractivity contribution is 0.245. The first-order valence-corrected chi connectivity index (χ1v) is 4.01. The number of piperidine rings is 1. The summed E-state index contributed by atoms with van der Waals surface area (Å²) >= 11 is 0. The van der Waals surface area contributed by atoms with E-state index in [1.165, 1.54) is 5.57 Å². The highest BCUT2D eigenvalue weighted by molar-refractivity contribution is 5.01. The number of nitrogens with two attached hydrogens (primary N) is 1. The summed E-state index contributed by atoms with van der Waals surface area (Å²) in [6, 6.07) is 0. The van der Waals surface area contributed by atoms with Crippen molar-refractivity contribution < 1.29 is 4.74 Å². The molecule has 0 amide bonds. The fourth-order valence-corrected chi connectivity index (χ4v) is 1.19. The van der Waals surface area contributed by atoms with Crippen LogP contribution < -0.4 is 5.73 Å². The van der Waals surface area contributed by atoms with Crippen LogP contribution in [0, 0.1) is 0 Å². The number of ether oxygens (including phenoxy) is 1. The van der Waals surface area contributed by atoms with Crippen molar-refractivity contribution in [1.82, 2.24) is 4.90 Å². The van der Waals surface area contributed by atoms with E-state index in [-0.39, 0.29) is 0 Å². The molecule has 0 aromatic carbocycles. The average molecular weight is 156 g/mol. The highest BCUT2D eigenvalue weighted by Gasteiger charge is 2.09. The van der Waals surface area contributed by atoms with Gasteiger partial charge in [0.05, 0.1) is 6.26 Å². The van der Waals surface area contributed by atoms with Gasteiger partial charge in [0.1, 0.15) is 6.73 Å². The van der Waals surface area contributed by atoms with E-state index >= 15 is 0 Å². The highest BCUT2D eigenvalue weighted by atomic mass is 16.5. The van der Waals surface area contributed by atoms with E-state index in [2.05, 4.69) is 11.9 Å². The van der Waals surface area contributed by atoms with Crippen LogP contribution in [0.4, 0.5) is 0 Å². The lowest BCUT2D eigenvalue weighted by Crippen LogP contribution is -2.26. The molecule has 0 unspecified atom stereocenters. The quantitative estimate of drug-likeness (QED) is 0.468. The zero-order chi connectivity index (χ0) is 8.10. The van der Waals surface area contributed by atoms with E-state index in [0.29, 0.717) is 6.73 Å². The molecule has 0 aromatic heterocycles. The minimum Gasteiger partial charge on any atom is -0.486 e. The van der Waals surface area contributed by atoms with Gasteiger partial charge in [-0.25, -0.2) is 0 Å². The van der Waals surface area contributed by atoms with Gasteiger partial charge in [0, 0.05) is 13.1 Å². The standard InChI is InChI=1S/C8H16N2O/c1-10-4-2-8(3-5-10)6-11-7-9/h6H,2-5,7,9H2,1H3. The van der Waals surface area contributed by atoms with Crippen LogP contribution in [-0.4, -0.2) is 31.8 Å². The maximum atomic E-state index is 5.20. The zero-order valence-corrected chi connectivity index (χ0v) is 7.05. The molecular formula is C8H16N2O. The van der Waals surface area contributed by atoms with E-state index in [1.807, 2.05) is 6.26 Å². The van der Waals surface area contributed by atoms with Gasteiger partial charge in [-0.15, -0.1) is 0 Å². The molecule has 1 aliphatic rings. The monoisotopic (exact) mass is 156 g/mol. The Bertz CT molecular complexity index is 135. The van der Waals surface area contributed by atoms with E-state index in [4.69, 9.17) is 10.5 Å². The van der Waals surface area contributed by atoms with E-state index < -0.39 is 0 Å². The summed E-state index contributed by atoms with van der Waals surface area (Å²) in [5, 5.41) is 0. The predicted molar refractivity (Wildman–Crippen MR) is 45.0 cm³/mol. The number of hydrogen-bond acceptors (Lipinski definition) is 3. The lowest BCUT2D eigenvalue weighted by Gasteiger charge is -2.23. The molecule has 64 valence electrons. The minimum absolute atomic E-state index is 0.291. The molecule has 0 aliphatic carbocycles. The molecule has 11 heavy (non-hydrogen) atoms. The fraction of sp³-hybridized carbons (Fsp3) is 0.750. The Labute approximate surface area is 67.8 Å². The molecule has 3 heteroatoms. The molecule has 1 aliphatic heterocycles. The van der Waals surface area contributed by atoms with Gasteiger partial charge in [0.15, 0.2) is 0 Å². The third-order valence-electron chi connectivity index (χ3n) is 1.98. The summed E-state index contributed by atoms with van der Waals surface area (Å²) in [6.07, 6.45) is 4.06. The third kappa shape index (κ3) is 2.91. The summed E-state index contributed by atoms with van der Waals surface area (Å²) in [5.41, 5.74) is 6.58. The lowest BCUT2D eigenvalue weighted by atomic mass is 10.1.